The molecule has 0 saturated carbocycles. The van der Waals surface area contributed by atoms with Crippen LogP contribution in [0.1, 0.15) is 5.56 Å². The minimum Gasteiger partial charge on any atom is -0.367 e. The molecule has 0 aliphatic carbocycles. The van der Waals surface area contributed by atoms with Crippen molar-refractivity contribution in [3.8, 4) is 0 Å². The van der Waals surface area contributed by atoms with Gasteiger partial charge < -0.3 is 4.98 Å². The molecule has 12 heavy (non-hydrogen) atoms. The molecule has 0 aliphatic heterocycles. The van der Waals surface area contributed by atoms with Gasteiger partial charge >= 0.3 is 0 Å². The summed E-state index contributed by atoms with van der Waals surface area (Å²) >= 11 is 5.20. The van der Waals surface area contributed by atoms with Gasteiger partial charge in [0.15, 0.2) is 0 Å². The third-order valence-electron chi connectivity index (χ3n) is 1.58. The molecule has 2 rings (SSSR count). The second-order valence-corrected chi connectivity index (χ2v) is 2.76. The molecule has 0 aliphatic rings. The van der Waals surface area contributed by atoms with Gasteiger partial charge in [0.2, 0.25) is 0 Å². The largest absolute Gasteiger partial charge is 0.367 e. The number of H-pyrrole nitrogens is 1. The highest BCUT2D eigenvalue weighted by atomic mass is 32.1. The molecule has 0 radical (unpaired) electrons. The van der Waals surface area contributed by atoms with Gasteiger partial charge in [-0.05, 0) is 6.07 Å². The maximum atomic E-state index is 5.20. The van der Waals surface area contributed by atoms with Gasteiger partial charge in [0.05, 0.1) is 6.33 Å². The Kier molecular flexibility index (Phi) is 1.75. The molecule has 3 nitrogen and oxygen atoms in total. The molecule has 2 aromatic rings. The molecule has 60 valence electrons. The van der Waals surface area contributed by atoms with Crippen molar-refractivity contribution in [3.05, 3.63) is 42.7 Å². The molecule has 2 heterocycles. The molecule has 0 spiro atoms. The van der Waals surface area contributed by atoms with Crippen LogP contribution >= 0.6 is 12.2 Å². The van der Waals surface area contributed by atoms with Crippen LogP contribution in [0.25, 0.3) is 0 Å². The van der Waals surface area contributed by atoms with Crippen LogP contribution in [-0.4, -0.2) is 19.5 Å². The van der Waals surface area contributed by atoms with E-state index in [1.54, 1.807) is 17.1 Å². The summed E-state index contributed by atoms with van der Waals surface area (Å²) in [6, 6.07) is 1.93. The Morgan fingerprint density at radius 1 is 1.58 bits per heavy atom. The number of aromatic amines is 1. The number of hydrogen-bond acceptors (Lipinski definition) is 2. The van der Waals surface area contributed by atoms with E-state index in [0.717, 1.165) is 10.6 Å². The highest BCUT2D eigenvalue weighted by Gasteiger charge is 2.01. The lowest BCUT2D eigenvalue weighted by molar-refractivity contribution is 1.15. The third kappa shape index (κ3) is 1.16. The summed E-state index contributed by atoms with van der Waals surface area (Å²) in [4.78, 5) is 7.63. The first-order chi connectivity index (χ1) is 5.88. The van der Waals surface area contributed by atoms with Crippen LogP contribution in [0.3, 0.4) is 0 Å². The fourth-order valence-corrected chi connectivity index (χ4v) is 1.22. The Bertz CT molecular complexity index is 325. The Morgan fingerprint density at radius 3 is 3.08 bits per heavy atom. The number of nitrogens with one attached hydrogen (secondary N) is 1. The van der Waals surface area contributed by atoms with E-state index in [1.165, 1.54) is 0 Å². The summed E-state index contributed by atoms with van der Waals surface area (Å²) in [5, 5.41) is 0. The van der Waals surface area contributed by atoms with Gasteiger partial charge in [-0.1, -0.05) is 12.2 Å². The van der Waals surface area contributed by atoms with Gasteiger partial charge in [-0.15, -0.1) is 0 Å². The van der Waals surface area contributed by atoms with E-state index in [4.69, 9.17) is 12.2 Å². The highest BCUT2D eigenvalue weighted by Crippen LogP contribution is 2.02. The quantitative estimate of drug-likeness (QED) is 0.669. The first-order valence-electron chi connectivity index (χ1n) is 3.53. The Morgan fingerprint density at radius 2 is 2.50 bits per heavy atom. The predicted octanol–water partition coefficient (Wildman–Crippen LogP) is 1.43. The number of hydrogen-bond donors (Lipinski definition) is 1. The van der Waals surface area contributed by atoms with Gasteiger partial charge in [-0.3, -0.25) is 4.57 Å². The van der Waals surface area contributed by atoms with Gasteiger partial charge in [0, 0.05) is 30.4 Å². The van der Waals surface area contributed by atoms with Crippen LogP contribution in [0.5, 0.6) is 0 Å². The van der Waals surface area contributed by atoms with Crippen LogP contribution in [-0.2, 0) is 0 Å². The Labute approximate surface area is 75.1 Å². The molecular formula is C8H7N3S. The second kappa shape index (κ2) is 2.91. The lowest BCUT2D eigenvalue weighted by atomic mass is 10.3. The van der Waals surface area contributed by atoms with Crippen molar-refractivity contribution in [3.63, 3.8) is 0 Å². The van der Waals surface area contributed by atoms with Gasteiger partial charge in [0.1, 0.15) is 4.99 Å². The number of nitrogens with zero attached hydrogens (tertiary/aromatic N) is 2. The van der Waals surface area contributed by atoms with Crippen molar-refractivity contribution in [2.75, 3.05) is 0 Å². The fourth-order valence-electron chi connectivity index (χ4n) is 0.985. The number of rotatable bonds is 1. The molecule has 1 N–H and O–H groups in total. The molecular weight excluding hydrogens is 170 g/mol. The summed E-state index contributed by atoms with van der Waals surface area (Å²) in [7, 11) is 0. The first kappa shape index (κ1) is 7.24. The van der Waals surface area contributed by atoms with Crippen LogP contribution in [0.15, 0.2) is 37.2 Å². The van der Waals surface area contributed by atoms with E-state index in [0.29, 0.717) is 0 Å². The fraction of sp³-hybridized carbons (Fsp3) is 0. The molecule has 0 fully saturated rings. The zero-order valence-electron chi connectivity index (χ0n) is 6.27. The van der Waals surface area contributed by atoms with E-state index >= 15 is 0 Å². The Hall–Kier alpha value is -1.42. The lowest BCUT2D eigenvalue weighted by Gasteiger charge is -1.99. The van der Waals surface area contributed by atoms with Crippen LogP contribution < -0.4 is 0 Å². The van der Waals surface area contributed by atoms with Crippen molar-refractivity contribution >= 4 is 17.2 Å². The van der Waals surface area contributed by atoms with E-state index < -0.39 is 0 Å². The van der Waals surface area contributed by atoms with Crippen molar-refractivity contribution in [2.24, 2.45) is 0 Å². The standard InChI is InChI=1S/C8H7N3S/c12-8(7-1-2-9-5-7)11-4-3-10-6-11/h1-6,9H. The first-order valence-corrected chi connectivity index (χ1v) is 3.94. The predicted molar refractivity (Wildman–Crippen MR) is 50.1 cm³/mol. The molecule has 0 bridgehead atoms. The monoisotopic (exact) mass is 177 g/mol. The lowest BCUT2D eigenvalue weighted by Crippen LogP contribution is -2.06. The maximum Gasteiger partial charge on any atom is 0.120 e. The van der Waals surface area contributed by atoms with Crippen LogP contribution in [0.4, 0.5) is 0 Å². The van der Waals surface area contributed by atoms with Crippen molar-refractivity contribution in [2.45, 2.75) is 0 Å². The molecule has 4 heteroatoms. The minimum atomic E-state index is 0.758. The molecule has 0 aromatic carbocycles. The summed E-state index contributed by atoms with van der Waals surface area (Å²) in [5.74, 6) is 0. The third-order valence-corrected chi connectivity index (χ3v) is 2.03. The van der Waals surface area contributed by atoms with Crippen molar-refractivity contribution in [1.82, 2.24) is 14.5 Å². The van der Waals surface area contributed by atoms with E-state index in [2.05, 4.69) is 9.97 Å². The highest BCUT2D eigenvalue weighted by molar-refractivity contribution is 7.80. The summed E-state index contributed by atoms with van der Waals surface area (Å²) in [6.45, 7) is 0. The zero-order valence-corrected chi connectivity index (χ0v) is 7.08. The topological polar surface area (TPSA) is 33.6 Å². The summed E-state index contributed by atoms with van der Waals surface area (Å²) < 4.78 is 1.80. The van der Waals surface area contributed by atoms with Gasteiger partial charge in [-0.2, -0.15) is 0 Å². The van der Waals surface area contributed by atoms with E-state index in [-0.39, 0.29) is 0 Å². The zero-order chi connectivity index (χ0) is 8.39. The second-order valence-electron chi connectivity index (χ2n) is 2.37. The molecule has 2 aromatic heterocycles. The van der Waals surface area contributed by atoms with Gasteiger partial charge in [0.25, 0.3) is 0 Å². The van der Waals surface area contributed by atoms with Gasteiger partial charge in [-0.25, -0.2) is 4.98 Å². The smallest absolute Gasteiger partial charge is 0.120 e. The number of thiocarbonyl (C=S) groups is 1. The van der Waals surface area contributed by atoms with Crippen molar-refractivity contribution in [1.29, 1.82) is 0 Å². The van der Waals surface area contributed by atoms with E-state index in [1.807, 2.05) is 24.7 Å². The number of imidazole rings is 1. The van der Waals surface area contributed by atoms with Crippen LogP contribution in [0.2, 0.25) is 0 Å². The molecule has 0 saturated heterocycles. The molecule has 0 unspecified atom stereocenters. The normalized spacial score (nSPS) is 10.0. The van der Waals surface area contributed by atoms with E-state index in [9.17, 15) is 0 Å². The maximum absolute atomic E-state index is 5.20. The SMILES string of the molecule is S=C(c1cc[nH]c1)n1ccnc1. The molecule has 0 atom stereocenters. The molecule has 0 amide bonds. The van der Waals surface area contributed by atoms with Crippen molar-refractivity contribution < 1.29 is 0 Å². The average molecular weight is 177 g/mol. The Balaban J connectivity index is 2.34. The summed E-state index contributed by atoms with van der Waals surface area (Å²) in [5.41, 5.74) is 1.00. The van der Waals surface area contributed by atoms with Crippen LogP contribution in [0, 0.1) is 0 Å². The number of aromatic nitrogens is 3. The minimum absolute atomic E-state index is 0.758. The summed E-state index contributed by atoms with van der Waals surface area (Å²) in [6.07, 6.45) is 8.94. The average Bonchev–Trinajstić information content (AvgIpc) is 2.77.